The molecule has 0 fully saturated rings. The molecular formula is C26H23FN2O5. The van der Waals surface area contributed by atoms with Crippen LogP contribution in [0.15, 0.2) is 66.7 Å². The van der Waals surface area contributed by atoms with Crippen LogP contribution < -0.4 is 10.6 Å². The van der Waals surface area contributed by atoms with Crippen molar-refractivity contribution in [1.82, 2.24) is 5.32 Å². The van der Waals surface area contributed by atoms with Gasteiger partial charge in [-0.2, -0.15) is 0 Å². The normalized spacial score (nSPS) is 12.9. The number of carboxylic acid groups (broad SMARTS) is 1. The fourth-order valence-corrected chi connectivity index (χ4v) is 3.94. The Morgan fingerprint density at radius 1 is 1.00 bits per heavy atom. The van der Waals surface area contributed by atoms with Crippen molar-refractivity contribution < 1.29 is 28.6 Å². The highest BCUT2D eigenvalue weighted by molar-refractivity contribution is 5.95. The second-order valence-electron chi connectivity index (χ2n) is 8.09. The van der Waals surface area contributed by atoms with Crippen LogP contribution in [0.3, 0.4) is 0 Å². The van der Waals surface area contributed by atoms with Crippen molar-refractivity contribution in [2.24, 2.45) is 5.92 Å². The maximum absolute atomic E-state index is 14.5. The van der Waals surface area contributed by atoms with E-state index in [9.17, 15) is 18.8 Å². The average Bonchev–Trinajstić information content (AvgIpc) is 3.16. The van der Waals surface area contributed by atoms with Crippen LogP contribution in [0, 0.1) is 11.7 Å². The quantitative estimate of drug-likeness (QED) is 0.475. The van der Waals surface area contributed by atoms with E-state index < -0.39 is 29.7 Å². The molecule has 1 aliphatic rings. The van der Waals surface area contributed by atoms with Gasteiger partial charge in [-0.1, -0.05) is 55.5 Å². The van der Waals surface area contributed by atoms with Gasteiger partial charge in [0.1, 0.15) is 12.4 Å². The summed E-state index contributed by atoms with van der Waals surface area (Å²) < 4.78 is 19.9. The maximum Gasteiger partial charge on any atom is 0.411 e. The average molecular weight is 462 g/mol. The number of fused-ring (bicyclic) bond motifs is 3. The van der Waals surface area contributed by atoms with Crippen molar-refractivity contribution >= 4 is 23.7 Å². The fraction of sp³-hybridized carbons (Fsp3) is 0.192. The number of rotatable bonds is 7. The van der Waals surface area contributed by atoms with E-state index in [1.54, 1.807) is 0 Å². The first-order chi connectivity index (χ1) is 16.3. The summed E-state index contributed by atoms with van der Waals surface area (Å²) in [5.74, 6) is -3.37. The van der Waals surface area contributed by atoms with Crippen molar-refractivity contribution in [3.63, 3.8) is 0 Å². The van der Waals surface area contributed by atoms with Crippen LogP contribution in [0.5, 0.6) is 0 Å². The van der Waals surface area contributed by atoms with Crippen LogP contribution in [0.25, 0.3) is 11.1 Å². The lowest BCUT2D eigenvalue weighted by atomic mass is 9.98. The molecule has 3 N–H and O–H groups in total. The SMILES string of the molecule is CC(CNC(=O)c1ccc(NC(=O)OCC2c3ccccc3-c3ccccc32)c(F)c1)C(=O)O. The molecule has 0 aromatic heterocycles. The summed E-state index contributed by atoms with van der Waals surface area (Å²) in [7, 11) is 0. The van der Waals surface area contributed by atoms with Crippen LogP contribution in [-0.2, 0) is 9.53 Å². The van der Waals surface area contributed by atoms with Gasteiger partial charge in [-0.05, 0) is 40.5 Å². The molecule has 0 radical (unpaired) electrons. The Kier molecular flexibility index (Phi) is 6.58. The molecule has 1 unspecified atom stereocenters. The van der Waals surface area contributed by atoms with E-state index >= 15 is 0 Å². The van der Waals surface area contributed by atoms with Crippen LogP contribution in [0.2, 0.25) is 0 Å². The maximum atomic E-state index is 14.5. The molecule has 7 nitrogen and oxygen atoms in total. The molecule has 2 amide bonds. The molecular weight excluding hydrogens is 439 g/mol. The minimum absolute atomic E-state index is 0.00757. The van der Waals surface area contributed by atoms with Crippen molar-refractivity contribution in [3.8, 4) is 11.1 Å². The number of ether oxygens (including phenoxy) is 1. The number of carbonyl (C=O) groups is 3. The topological polar surface area (TPSA) is 105 Å². The molecule has 0 saturated heterocycles. The highest BCUT2D eigenvalue weighted by Gasteiger charge is 2.29. The molecule has 0 heterocycles. The number of hydrogen-bond donors (Lipinski definition) is 3. The van der Waals surface area contributed by atoms with Crippen LogP contribution >= 0.6 is 0 Å². The third-order valence-corrected chi connectivity index (χ3v) is 5.80. The summed E-state index contributed by atoms with van der Waals surface area (Å²) in [4.78, 5) is 35.3. The highest BCUT2D eigenvalue weighted by Crippen LogP contribution is 2.44. The molecule has 0 bridgehead atoms. The Bertz CT molecular complexity index is 1210. The molecule has 1 atom stereocenters. The van der Waals surface area contributed by atoms with Gasteiger partial charge in [0.15, 0.2) is 0 Å². The molecule has 34 heavy (non-hydrogen) atoms. The van der Waals surface area contributed by atoms with Crippen LogP contribution in [0.4, 0.5) is 14.9 Å². The fourth-order valence-electron chi connectivity index (χ4n) is 3.94. The van der Waals surface area contributed by atoms with Crippen molar-refractivity contribution in [2.75, 3.05) is 18.5 Å². The number of anilines is 1. The molecule has 0 aliphatic heterocycles. The summed E-state index contributed by atoms with van der Waals surface area (Å²) in [6.07, 6.45) is -0.812. The highest BCUT2D eigenvalue weighted by atomic mass is 19.1. The summed E-state index contributed by atoms with van der Waals surface area (Å²) in [5.41, 5.74) is 4.21. The van der Waals surface area contributed by atoms with E-state index in [0.29, 0.717) is 0 Å². The van der Waals surface area contributed by atoms with E-state index in [1.807, 2.05) is 48.5 Å². The third kappa shape index (κ3) is 4.76. The lowest BCUT2D eigenvalue weighted by molar-refractivity contribution is -0.140. The number of aliphatic carboxylic acids is 1. The van der Waals surface area contributed by atoms with Gasteiger partial charge in [-0.25, -0.2) is 9.18 Å². The molecule has 1 aliphatic carbocycles. The Balaban J connectivity index is 1.37. The Hall–Kier alpha value is -4.20. The molecule has 174 valence electrons. The van der Waals surface area contributed by atoms with Gasteiger partial charge >= 0.3 is 12.1 Å². The zero-order valence-corrected chi connectivity index (χ0v) is 18.4. The summed E-state index contributed by atoms with van der Waals surface area (Å²) in [6.45, 7) is 1.45. The van der Waals surface area contributed by atoms with Crippen molar-refractivity contribution in [2.45, 2.75) is 12.8 Å². The molecule has 8 heteroatoms. The van der Waals surface area contributed by atoms with E-state index in [0.717, 1.165) is 28.3 Å². The predicted molar refractivity (Wildman–Crippen MR) is 124 cm³/mol. The lowest BCUT2D eigenvalue weighted by Crippen LogP contribution is -2.31. The molecule has 4 rings (SSSR count). The summed E-state index contributed by atoms with van der Waals surface area (Å²) in [5, 5.41) is 13.7. The predicted octanol–water partition coefficient (Wildman–Crippen LogP) is 4.64. The number of halogens is 1. The number of carboxylic acids is 1. The second kappa shape index (κ2) is 9.74. The molecule has 0 saturated carbocycles. The van der Waals surface area contributed by atoms with Crippen molar-refractivity contribution in [1.29, 1.82) is 0 Å². The number of amides is 2. The first kappa shape index (κ1) is 23.0. The number of nitrogens with one attached hydrogen (secondary N) is 2. The third-order valence-electron chi connectivity index (χ3n) is 5.80. The zero-order valence-electron chi connectivity index (χ0n) is 18.4. The minimum atomic E-state index is -1.05. The van der Waals surface area contributed by atoms with Gasteiger partial charge in [0, 0.05) is 18.0 Å². The minimum Gasteiger partial charge on any atom is -0.481 e. The van der Waals surface area contributed by atoms with Gasteiger partial charge in [0.2, 0.25) is 0 Å². The van der Waals surface area contributed by atoms with Crippen LogP contribution in [0.1, 0.15) is 34.3 Å². The van der Waals surface area contributed by atoms with Gasteiger partial charge in [0.05, 0.1) is 11.6 Å². The van der Waals surface area contributed by atoms with E-state index in [-0.39, 0.29) is 30.3 Å². The lowest BCUT2D eigenvalue weighted by Gasteiger charge is -2.15. The molecule has 3 aromatic carbocycles. The zero-order chi connectivity index (χ0) is 24.2. The van der Waals surface area contributed by atoms with Gasteiger partial charge in [-0.3, -0.25) is 14.9 Å². The summed E-state index contributed by atoms with van der Waals surface area (Å²) >= 11 is 0. The van der Waals surface area contributed by atoms with E-state index in [1.165, 1.54) is 19.1 Å². The van der Waals surface area contributed by atoms with E-state index in [2.05, 4.69) is 10.6 Å². The van der Waals surface area contributed by atoms with Gasteiger partial charge in [-0.15, -0.1) is 0 Å². The Morgan fingerprint density at radius 2 is 1.62 bits per heavy atom. The van der Waals surface area contributed by atoms with E-state index in [4.69, 9.17) is 9.84 Å². The number of hydrogen-bond acceptors (Lipinski definition) is 4. The van der Waals surface area contributed by atoms with Crippen LogP contribution in [-0.4, -0.2) is 36.2 Å². The number of carbonyl (C=O) groups excluding carboxylic acids is 2. The smallest absolute Gasteiger partial charge is 0.411 e. The Morgan fingerprint density at radius 3 is 2.21 bits per heavy atom. The first-order valence-electron chi connectivity index (χ1n) is 10.8. The summed E-state index contributed by atoms with van der Waals surface area (Å²) in [6, 6.07) is 19.4. The molecule has 3 aromatic rings. The monoisotopic (exact) mass is 462 g/mol. The standard InChI is InChI=1S/C26H23FN2O5/c1-15(25(31)32)13-28-24(30)16-10-11-23(22(27)12-16)29-26(33)34-14-21-19-8-4-2-6-17(19)18-7-3-5-9-20(18)21/h2-12,15,21H,13-14H2,1H3,(H,28,30)(H,29,33)(H,31,32). The van der Waals surface area contributed by atoms with Gasteiger partial charge < -0.3 is 15.2 Å². The Labute approximate surface area is 195 Å². The molecule has 0 spiro atoms. The first-order valence-corrected chi connectivity index (χ1v) is 10.8. The second-order valence-corrected chi connectivity index (χ2v) is 8.09. The van der Waals surface area contributed by atoms with Gasteiger partial charge in [0.25, 0.3) is 5.91 Å². The largest absolute Gasteiger partial charge is 0.481 e. The number of benzene rings is 3. The van der Waals surface area contributed by atoms with Crippen molar-refractivity contribution in [3.05, 3.63) is 89.2 Å².